The molecule has 1 amide bonds. The van der Waals surface area contributed by atoms with Gasteiger partial charge >= 0.3 is 0 Å². The second-order valence-electron chi connectivity index (χ2n) is 5.06. The number of aryl methyl sites for hydroxylation is 2. The van der Waals surface area contributed by atoms with Crippen molar-refractivity contribution in [1.29, 1.82) is 0 Å². The van der Waals surface area contributed by atoms with Crippen molar-refractivity contribution in [2.24, 2.45) is 5.10 Å². The summed E-state index contributed by atoms with van der Waals surface area (Å²) in [5.41, 5.74) is 4.73. The maximum Gasteiger partial charge on any atom is 0.277 e. The molecule has 0 heterocycles. The summed E-state index contributed by atoms with van der Waals surface area (Å²) in [6, 6.07) is 10.3. The quantitative estimate of drug-likeness (QED) is 0.652. The molecule has 5 nitrogen and oxygen atoms in total. The number of aromatic hydroxyl groups is 1. The van der Waals surface area contributed by atoms with Crippen LogP contribution in [0.4, 0.5) is 0 Å². The number of rotatable bonds is 5. The normalized spacial score (nSPS) is 10.7. The minimum atomic E-state index is -0.402. The lowest BCUT2D eigenvalue weighted by atomic mass is 10.1. The van der Waals surface area contributed by atoms with Crippen LogP contribution in [-0.4, -0.2) is 23.8 Å². The highest BCUT2D eigenvalue weighted by atomic mass is 35.5. The molecule has 0 aliphatic rings. The van der Waals surface area contributed by atoms with Crippen LogP contribution in [0, 0.1) is 13.8 Å². The van der Waals surface area contributed by atoms with Crippen LogP contribution in [-0.2, 0) is 4.79 Å². The molecule has 0 saturated heterocycles. The first-order valence-corrected chi connectivity index (χ1v) is 7.34. The standard InChI is InChI=1S/C17H17ClN2O3/c1-11-3-6-16(21)13(7-11)9-19-20-17(22)10-23-14-4-5-15(18)12(2)8-14/h3-9,21H,10H2,1-2H3,(H,20,22)/b19-9-. The molecule has 6 heteroatoms. The highest BCUT2D eigenvalue weighted by Gasteiger charge is 2.03. The SMILES string of the molecule is Cc1ccc(O)c(/C=N\NC(=O)COc2ccc(Cl)c(C)c2)c1. The first-order valence-electron chi connectivity index (χ1n) is 6.96. The number of ether oxygens (including phenoxy) is 1. The molecule has 0 aliphatic carbocycles. The van der Waals surface area contributed by atoms with Gasteiger partial charge in [0.25, 0.3) is 5.91 Å². The molecule has 2 aromatic carbocycles. The first-order chi connectivity index (χ1) is 11.0. The van der Waals surface area contributed by atoms with E-state index in [1.165, 1.54) is 6.21 Å². The second kappa shape index (κ2) is 7.65. The van der Waals surface area contributed by atoms with Gasteiger partial charge in [0.1, 0.15) is 11.5 Å². The molecule has 120 valence electrons. The van der Waals surface area contributed by atoms with Crippen LogP contribution in [0.25, 0.3) is 0 Å². The van der Waals surface area contributed by atoms with E-state index in [9.17, 15) is 9.90 Å². The topological polar surface area (TPSA) is 70.9 Å². The molecule has 0 saturated carbocycles. The van der Waals surface area contributed by atoms with E-state index in [-0.39, 0.29) is 12.4 Å². The number of nitrogens with zero attached hydrogens (tertiary/aromatic N) is 1. The second-order valence-corrected chi connectivity index (χ2v) is 5.46. The molecule has 0 atom stereocenters. The molecule has 2 rings (SSSR count). The van der Waals surface area contributed by atoms with Crippen LogP contribution in [0.2, 0.25) is 5.02 Å². The number of hydrogen-bond donors (Lipinski definition) is 2. The van der Waals surface area contributed by atoms with Gasteiger partial charge < -0.3 is 9.84 Å². The Kier molecular flexibility index (Phi) is 5.60. The molecular weight excluding hydrogens is 316 g/mol. The third-order valence-electron chi connectivity index (χ3n) is 3.08. The number of nitrogens with one attached hydrogen (secondary N) is 1. The van der Waals surface area contributed by atoms with Crippen molar-refractivity contribution in [2.75, 3.05) is 6.61 Å². The molecule has 0 aromatic heterocycles. The van der Waals surface area contributed by atoms with Crippen LogP contribution in [0.5, 0.6) is 11.5 Å². The highest BCUT2D eigenvalue weighted by Crippen LogP contribution is 2.20. The number of carbonyl (C=O) groups is 1. The minimum absolute atomic E-state index is 0.0986. The van der Waals surface area contributed by atoms with Gasteiger partial charge in [-0.1, -0.05) is 23.2 Å². The maximum atomic E-state index is 11.7. The molecule has 2 N–H and O–H groups in total. The van der Waals surface area contributed by atoms with E-state index in [2.05, 4.69) is 10.5 Å². The smallest absolute Gasteiger partial charge is 0.277 e. The maximum absolute atomic E-state index is 11.7. The Hall–Kier alpha value is -2.53. The third kappa shape index (κ3) is 5.00. The van der Waals surface area contributed by atoms with E-state index < -0.39 is 5.91 Å². The summed E-state index contributed by atoms with van der Waals surface area (Å²) in [6.07, 6.45) is 1.38. The molecule has 0 spiro atoms. The van der Waals surface area contributed by atoms with E-state index in [4.69, 9.17) is 16.3 Å². The van der Waals surface area contributed by atoms with Gasteiger partial charge in [0.15, 0.2) is 6.61 Å². The summed E-state index contributed by atoms with van der Waals surface area (Å²) in [7, 11) is 0. The van der Waals surface area contributed by atoms with Crippen molar-refractivity contribution in [2.45, 2.75) is 13.8 Å². The molecule has 0 radical (unpaired) electrons. The third-order valence-corrected chi connectivity index (χ3v) is 3.50. The summed E-state index contributed by atoms with van der Waals surface area (Å²) >= 11 is 5.92. The van der Waals surface area contributed by atoms with Crippen LogP contribution < -0.4 is 10.2 Å². The van der Waals surface area contributed by atoms with Crippen molar-refractivity contribution >= 4 is 23.7 Å². The summed E-state index contributed by atoms with van der Waals surface area (Å²) in [5.74, 6) is 0.254. The predicted molar refractivity (Wildman–Crippen MR) is 90.3 cm³/mol. The Bertz CT molecular complexity index is 745. The molecule has 2 aromatic rings. The average molecular weight is 333 g/mol. The Labute approximate surface area is 139 Å². The van der Waals surface area contributed by atoms with Crippen molar-refractivity contribution in [3.8, 4) is 11.5 Å². The summed E-state index contributed by atoms with van der Waals surface area (Å²) in [5, 5.41) is 14.1. The van der Waals surface area contributed by atoms with Gasteiger partial charge in [-0.05, 0) is 49.7 Å². The van der Waals surface area contributed by atoms with Gasteiger partial charge in [0, 0.05) is 10.6 Å². The Balaban J connectivity index is 1.86. The number of hydrogen-bond acceptors (Lipinski definition) is 4. The van der Waals surface area contributed by atoms with Crippen molar-refractivity contribution in [3.05, 3.63) is 58.1 Å². The van der Waals surface area contributed by atoms with Crippen LogP contribution in [0.1, 0.15) is 16.7 Å². The Morgan fingerprint density at radius 1 is 1.30 bits per heavy atom. The van der Waals surface area contributed by atoms with E-state index in [1.807, 2.05) is 13.8 Å². The monoisotopic (exact) mass is 332 g/mol. The molecular formula is C17H17ClN2O3. The number of hydrazone groups is 1. The summed E-state index contributed by atoms with van der Waals surface area (Å²) in [6.45, 7) is 3.59. The zero-order valence-electron chi connectivity index (χ0n) is 12.8. The number of carbonyl (C=O) groups excluding carboxylic acids is 1. The summed E-state index contributed by atoms with van der Waals surface area (Å²) < 4.78 is 5.36. The first kappa shape index (κ1) is 16.8. The van der Waals surface area contributed by atoms with Gasteiger partial charge in [-0.15, -0.1) is 0 Å². The number of halogens is 1. The zero-order valence-corrected chi connectivity index (χ0v) is 13.6. The van der Waals surface area contributed by atoms with E-state index in [1.54, 1.807) is 36.4 Å². The van der Waals surface area contributed by atoms with E-state index in [0.29, 0.717) is 16.3 Å². The van der Waals surface area contributed by atoms with Gasteiger partial charge in [-0.25, -0.2) is 5.43 Å². The van der Waals surface area contributed by atoms with E-state index >= 15 is 0 Å². The average Bonchev–Trinajstić information content (AvgIpc) is 2.52. The molecule has 0 bridgehead atoms. The predicted octanol–water partition coefficient (Wildman–Crippen LogP) is 3.19. The number of phenolic OH excluding ortho intramolecular Hbond substituents is 1. The molecule has 0 fully saturated rings. The van der Waals surface area contributed by atoms with Crippen molar-refractivity contribution in [1.82, 2.24) is 5.43 Å². The zero-order chi connectivity index (χ0) is 16.8. The fourth-order valence-corrected chi connectivity index (χ4v) is 1.96. The Morgan fingerprint density at radius 2 is 2.09 bits per heavy atom. The Morgan fingerprint density at radius 3 is 2.83 bits per heavy atom. The van der Waals surface area contributed by atoms with Gasteiger partial charge in [-0.2, -0.15) is 5.10 Å². The number of amides is 1. The van der Waals surface area contributed by atoms with E-state index in [0.717, 1.165) is 11.1 Å². The largest absolute Gasteiger partial charge is 0.507 e. The van der Waals surface area contributed by atoms with Gasteiger partial charge in [-0.3, -0.25) is 4.79 Å². The van der Waals surface area contributed by atoms with Crippen molar-refractivity contribution < 1.29 is 14.6 Å². The highest BCUT2D eigenvalue weighted by molar-refractivity contribution is 6.31. The fourth-order valence-electron chi connectivity index (χ4n) is 1.84. The number of benzene rings is 2. The number of phenols is 1. The summed E-state index contributed by atoms with van der Waals surface area (Å²) in [4.78, 5) is 11.7. The molecule has 0 aliphatic heterocycles. The van der Waals surface area contributed by atoms with Crippen molar-refractivity contribution in [3.63, 3.8) is 0 Å². The lowest BCUT2D eigenvalue weighted by molar-refractivity contribution is -0.123. The van der Waals surface area contributed by atoms with Gasteiger partial charge in [0.05, 0.1) is 6.21 Å². The van der Waals surface area contributed by atoms with Crippen LogP contribution in [0.15, 0.2) is 41.5 Å². The lowest BCUT2D eigenvalue weighted by Crippen LogP contribution is -2.24. The molecule has 0 unspecified atom stereocenters. The van der Waals surface area contributed by atoms with Crippen LogP contribution in [0.3, 0.4) is 0 Å². The lowest BCUT2D eigenvalue weighted by Gasteiger charge is -2.06. The van der Waals surface area contributed by atoms with Crippen LogP contribution >= 0.6 is 11.6 Å². The fraction of sp³-hybridized carbons (Fsp3) is 0.176. The molecule has 23 heavy (non-hydrogen) atoms. The minimum Gasteiger partial charge on any atom is -0.507 e. The van der Waals surface area contributed by atoms with Gasteiger partial charge in [0.2, 0.25) is 0 Å².